The minimum absolute atomic E-state index is 0.370. The lowest BCUT2D eigenvalue weighted by atomic mass is 9.98. The van der Waals surface area contributed by atoms with E-state index < -0.39 is 0 Å². The second kappa shape index (κ2) is 11.4. The first-order chi connectivity index (χ1) is 10.2. The fraction of sp³-hybridized carbons (Fsp3) is 1.00. The van der Waals surface area contributed by atoms with Gasteiger partial charge in [0.1, 0.15) is 0 Å². The molecule has 1 aliphatic rings. The van der Waals surface area contributed by atoms with Gasteiger partial charge in [0.2, 0.25) is 0 Å². The van der Waals surface area contributed by atoms with Crippen LogP contribution in [0.2, 0.25) is 0 Å². The van der Waals surface area contributed by atoms with Crippen molar-refractivity contribution in [2.75, 3.05) is 26.3 Å². The number of hydrogen-bond acceptors (Lipinski definition) is 3. The molecule has 0 aromatic heterocycles. The average molecular weight is 299 g/mol. The molecule has 126 valence electrons. The van der Waals surface area contributed by atoms with Crippen molar-refractivity contribution in [3.8, 4) is 0 Å². The van der Waals surface area contributed by atoms with Gasteiger partial charge in [-0.25, -0.2) is 0 Å². The standard InChI is InChI=1S/C18H37NO2/c1-4-6-9-16(5-2)13-21-14-18(20)12-19-11-17-10-7-8-15(17)3/h15-20H,4-14H2,1-3H3. The van der Waals surface area contributed by atoms with Crippen molar-refractivity contribution in [1.29, 1.82) is 0 Å². The molecular formula is C18H37NO2. The summed E-state index contributed by atoms with van der Waals surface area (Å²) in [6.07, 6.45) is 8.67. The van der Waals surface area contributed by atoms with E-state index in [1.807, 2.05) is 0 Å². The van der Waals surface area contributed by atoms with Gasteiger partial charge in [-0.2, -0.15) is 0 Å². The first kappa shape index (κ1) is 18.9. The quantitative estimate of drug-likeness (QED) is 0.578. The zero-order valence-corrected chi connectivity index (χ0v) is 14.4. The molecule has 0 radical (unpaired) electrons. The van der Waals surface area contributed by atoms with Crippen molar-refractivity contribution >= 4 is 0 Å². The highest BCUT2D eigenvalue weighted by atomic mass is 16.5. The molecule has 0 bridgehead atoms. The van der Waals surface area contributed by atoms with Crippen LogP contribution in [0.15, 0.2) is 0 Å². The molecule has 0 aromatic rings. The fourth-order valence-electron chi connectivity index (χ4n) is 3.29. The molecule has 4 unspecified atom stereocenters. The van der Waals surface area contributed by atoms with Gasteiger partial charge in [-0.1, -0.05) is 52.9 Å². The maximum Gasteiger partial charge on any atom is 0.0897 e. The van der Waals surface area contributed by atoms with E-state index in [2.05, 4.69) is 26.1 Å². The second-order valence-corrected chi connectivity index (χ2v) is 6.93. The molecule has 2 N–H and O–H groups in total. The third-order valence-corrected chi connectivity index (χ3v) is 5.03. The Bertz CT molecular complexity index is 247. The normalized spacial score (nSPS) is 25.1. The SMILES string of the molecule is CCCCC(CC)COCC(O)CNCC1CCCC1C. The van der Waals surface area contributed by atoms with E-state index in [1.165, 1.54) is 44.9 Å². The first-order valence-electron chi connectivity index (χ1n) is 9.13. The number of nitrogens with one attached hydrogen (secondary N) is 1. The molecule has 0 saturated heterocycles. The Labute approximate surface area is 131 Å². The number of unbranched alkanes of at least 4 members (excludes halogenated alkanes) is 1. The Hall–Kier alpha value is -0.120. The molecule has 3 nitrogen and oxygen atoms in total. The zero-order chi connectivity index (χ0) is 15.5. The van der Waals surface area contributed by atoms with Crippen LogP contribution in [0.25, 0.3) is 0 Å². The third-order valence-electron chi connectivity index (χ3n) is 5.03. The van der Waals surface area contributed by atoms with Gasteiger partial charge in [0, 0.05) is 13.2 Å². The molecule has 0 aliphatic heterocycles. The monoisotopic (exact) mass is 299 g/mol. The number of aliphatic hydroxyl groups excluding tert-OH is 1. The highest BCUT2D eigenvalue weighted by Gasteiger charge is 2.22. The fourth-order valence-corrected chi connectivity index (χ4v) is 3.29. The summed E-state index contributed by atoms with van der Waals surface area (Å²) < 4.78 is 5.70. The van der Waals surface area contributed by atoms with E-state index in [9.17, 15) is 5.11 Å². The van der Waals surface area contributed by atoms with Crippen LogP contribution in [-0.2, 0) is 4.74 Å². The summed E-state index contributed by atoms with van der Waals surface area (Å²) in [5.74, 6) is 2.30. The summed E-state index contributed by atoms with van der Waals surface area (Å²) in [5, 5.41) is 13.4. The molecule has 3 heteroatoms. The lowest BCUT2D eigenvalue weighted by molar-refractivity contribution is 0.0189. The van der Waals surface area contributed by atoms with Crippen LogP contribution in [0.4, 0.5) is 0 Å². The Morgan fingerprint density at radius 2 is 2.05 bits per heavy atom. The molecule has 1 saturated carbocycles. The molecule has 4 atom stereocenters. The van der Waals surface area contributed by atoms with Crippen LogP contribution < -0.4 is 5.32 Å². The topological polar surface area (TPSA) is 41.5 Å². The van der Waals surface area contributed by atoms with Crippen LogP contribution in [0.1, 0.15) is 65.7 Å². The van der Waals surface area contributed by atoms with Crippen LogP contribution in [0, 0.1) is 17.8 Å². The van der Waals surface area contributed by atoms with Crippen molar-refractivity contribution < 1.29 is 9.84 Å². The third kappa shape index (κ3) is 8.18. The minimum Gasteiger partial charge on any atom is -0.389 e. The smallest absolute Gasteiger partial charge is 0.0897 e. The van der Waals surface area contributed by atoms with Gasteiger partial charge in [0.15, 0.2) is 0 Å². The second-order valence-electron chi connectivity index (χ2n) is 6.93. The van der Waals surface area contributed by atoms with E-state index in [4.69, 9.17) is 4.74 Å². The molecule has 0 heterocycles. The summed E-state index contributed by atoms with van der Waals surface area (Å²) in [7, 11) is 0. The van der Waals surface area contributed by atoms with Gasteiger partial charge >= 0.3 is 0 Å². The Morgan fingerprint density at radius 3 is 2.67 bits per heavy atom. The van der Waals surface area contributed by atoms with Crippen molar-refractivity contribution in [2.24, 2.45) is 17.8 Å². The Balaban J connectivity index is 2.01. The molecule has 1 rings (SSSR count). The number of aliphatic hydroxyl groups is 1. The van der Waals surface area contributed by atoms with Crippen LogP contribution in [-0.4, -0.2) is 37.5 Å². The van der Waals surface area contributed by atoms with Gasteiger partial charge in [-0.05, 0) is 37.1 Å². The van der Waals surface area contributed by atoms with Crippen molar-refractivity contribution in [3.63, 3.8) is 0 Å². The Kier molecular flexibility index (Phi) is 10.3. The highest BCUT2D eigenvalue weighted by Crippen LogP contribution is 2.30. The summed E-state index contributed by atoms with van der Waals surface area (Å²) in [5.41, 5.74) is 0. The van der Waals surface area contributed by atoms with Gasteiger partial charge in [-0.3, -0.25) is 0 Å². The summed E-state index contributed by atoms with van der Waals surface area (Å²) in [6.45, 7) is 9.78. The summed E-state index contributed by atoms with van der Waals surface area (Å²) in [4.78, 5) is 0. The number of rotatable bonds is 12. The van der Waals surface area contributed by atoms with Crippen molar-refractivity contribution in [3.05, 3.63) is 0 Å². The first-order valence-corrected chi connectivity index (χ1v) is 9.13. The number of hydrogen-bond donors (Lipinski definition) is 2. The molecule has 0 aromatic carbocycles. The van der Waals surface area contributed by atoms with Gasteiger partial charge in [0.25, 0.3) is 0 Å². The molecule has 0 amide bonds. The van der Waals surface area contributed by atoms with E-state index in [-0.39, 0.29) is 6.10 Å². The maximum absolute atomic E-state index is 9.96. The number of ether oxygens (including phenoxy) is 1. The molecule has 1 fully saturated rings. The minimum atomic E-state index is -0.370. The van der Waals surface area contributed by atoms with E-state index >= 15 is 0 Å². The van der Waals surface area contributed by atoms with E-state index in [0.29, 0.717) is 19.1 Å². The molecule has 0 spiro atoms. The average Bonchev–Trinajstić information content (AvgIpc) is 2.88. The largest absolute Gasteiger partial charge is 0.389 e. The molecule has 1 aliphatic carbocycles. The lowest BCUT2D eigenvalue weighted by Crippen LogP contribution is -2.34. The van der Waals surface area contributed by atoms with Crippen LogP contribution >= 0.6 is 0 Å². The summed E-state index contributed by atoms with van der Waals surface area (Å²) in [6, 6.07) is 0. The maximum atomic E-state index is 9.96. The van der Waals surface area contributed by atoms with Crippen LogP contribution in [0.3, 0.4) is 0 Å². The van der Waals surface area contributed by atoms with Gasteiger partial charge < -0.3 is 15.2 Å². The van der Waals surface area contributed by atoms with Gasteiger partial charge in [-0.15, -0.1) is 0 Å². The van der Waals surface area contributed by atoms with Crippen molar-refractivity contribution in [2.45, 2.75) is 71.8 Å². The van der Waals surface area contributed by atoms with E-state index in [0.717, 1.165) is 25.0 Å². The van der Waals surface area contributed by atoms with E-state index in [1.54, 1.807) is 0 Å². The van der Waals surface area contributed by atoms with Crippen molar-refractivity contribution in [1.82, 2.24) is 5.32 Å². The Morgan fingerprint density at radius 1 is 1.24 bits per heavy atom. The van der Waals surface area contributed by atoms with Crippen LogP contribution in [0.5, 0.6) is 0 Å². The molecule has 21 heavy (non-hydrogen) atoms. The zero-order valence-electron chi connectivity index (χ0n) is 14.4. The van der Waals surface area contributed by atoms with Gasteiger partial charge in [0.05, 0.1) is 12.7 Å². The summed E-state index contributed by atoms with van der Waals surface area (Å²) >= 11 is 0. The molecular weight excluding hydrogens is 262 g/mol. The highest BCUT2D eigenvalue weighted by molar-refractivity contribution is 4.76. The predicted octanol–water partition coefficient (Wildman–Crippen LogP) is 3.61. The lowest BCUT2D eigenvalue weighted by Gasteiger charge is -2.19. The predicted molar refractivity (Wildman–Crippen MR) is 89.5 cm³/mol.